The number of phenols is 1. The second-order valence-electron chi connectivity index (χ2n) is 15.9. The molecule has 4 heterocycles. The summed E-state index contributed by atoms with van der Waals surface area (Å²) in [6.07, 6.45) is 5.19. The van der Waals surface area contributed by atoms with Crippen LogP contribution in [0, 0.1) is 11.3 Å². The van der Waals surface area contributed by atoms with Crippen LogP contribution in [0.15, 0.2) is 60.7 Å². The van der Waals surface area contributed by atoms with Gasteiger partial charge in [0.15, 0.2) is 0 Å². The van der Waals surface area contributed by atoms with E-state index < -0.39 is 6.04 Å². The van der Waals surface area contributed by atoms with Crippen molar-refractivity contribution in [2.24, 2.45) is 11.3 Å². The number of hydrogen-bond acceptors (Lipinski definition) is 7. The van der Waals surface area contributed by atoms with Gasteiger partial charge in [0.2, 0.25) is 11.8 Å². The minimum absolute atomic E-state index is 0.119. The average Bonchev–Trinajstić information content (AvgIpc) is 3.44. The van der Waals surface area contributed by atoms with Gasteiger partial charge in [-0.15, -0.1) is 0 Å². The smallest absolute Gasteiger partial charge is 0.255 e. The van der Waals surface area contributed by atoms with Gasteiger partial charge >= 0.3 is 0 Å². The predicted octanol–water partition coefficient (Wildman–Crippen LogP) is 5.30. The van der Waals surface area contributed by atoms with Crippen molar-refractivity contribution >= 4 is 29.1 Å². The number of hydrogen-bond donors (Lipinski definition) is 2. The van der Waals surface area contributed by atoms with Gasteiger partial charge in [-0.3, -0.25) is 24.6 Å². The summed E-state index contributed by atoms with van der Waals surface area (Å²) < 4.78 is 0. The quantitative estimate of drug-likeness (QED) is 0.343. The molecule has 3 amide bonds. The number of carbonyl (C=O) groups is 3. The van der Waals surface area contributed by atoms with E-state index in [0.717, 1.165) is 69.9 Å². The van der Waals surface area contributed by atoms with E-state index >= 15 is 0 Å². The SMILES string of the molecule is CC1(C)CCc2cc(O)ccc2[C@@H]1c1ccc(N2CCC(CN3CCN(c4ccc5c(c4)CN(C4CCC(=O)NC4=O)C5=O)CC3)CC2)cc1. The third kappa shape index (κ3) is 6.25. The number of piperidine rings is 2. The highest BCUT2D eigenvalue weighted by Crippen LogP contribution is 2.49. The van der Waals surface area contributed by atoms with Gasteiger partial charge in [0, 0.05) is 81.6 Å². The van der Waals surface area contributed by atoms with Gasteiger partial charge in [0.25, 0.3) is 5.91 Å². The Morgan fingerprint density at radius 3 is 2.24 bits per heavy atom. The lowest BCUT2D eigenvalue weighted by molar-refractivity contribution is -0.136. The molecule has 9 nitrogen and oxygen atoms in total. The maximum Gasteiger partial charge on any atom is 0.255 e. The van der Waals surface area contributed by atoms with Crippen LogP contribution in [-0.2, 0) is 22.6 Å². The molecule has 262 valence electrons. The Hall–Kier alpha value is -4.37. The normalized spacial score (nSPS) is 24.3. The minimum atomic E-state index is -0.581. The lowest BCUT2D eigenvalue weighted by Gasteiger charge is -2.41. The molecule has 3 aromatic carbocycles. The van der Waals surface area contributed by atoms with Gasteiger partial charge in [0.1, 0.15) is 11.8 Å². The number of nitrogens with zero attached hydrogens (tertiary/aromatic N) is 4. The second kappa shape index (κ2) is 13.1. The third-order valence-electron chi connectivity index (χ3n) is 12.2. The van der Waals surface area contributed by atoms with Crippen molar-refractivity contribution in [2.45, 2.75) is 70.9 Å². The Morgan fingerprint density at radius 2 is 1.50 bits per heavy atom. The number of benzene rings is 3. The zero-order valence-corrected chi connectivity index (χ0v) is 29.4. The van der Waals surface area contributed by atoms with Crippen molar-refractivity contribution in [1.82, 2.24) is 15.1 Å². The summed E-state index contributed by atoms with van der Waals surface area (Å²) in [7, 11) is 0. The molecule has 4 aliphatic heterocycles. The van der Waals surface area contributed by atoms with Crippen LogP contribution in [0.1, 0.15) is 84.5 Å². The van der Waals surface area contributed by atoms with Gasteiger partial charge in [-0.2, -0.15) is 0 Å². The molecule has 0 radical (unpaired) electrons. The summed E-state index contributed by atoms with van der Waals surface area (Å²) in [5.74, 6) is 0.643. The Labute approximate surface area is 295 Å². The summed E-state index contributed by atoms with van der Waals surface area (Å²) in [6.45, 7) is 12.5. The highest BCUT2D eigenvalue weighted by Gasteiger charge is 2.40. The van der Waals surface area contributed by atoms with Crippen molar-refractivity contribution < 1.29 is 19.5 Å². The van der Waals surface area contributed by atoms with Crippen LogP contribution < -0.4 is 15.1 Å². The van der Waals surface area contributed by atoms with E-state index in [9.17, 15) is 19.5 Å². The number of piperazine rings is 1. The maximum absolute atomic E-state index is 13.1. The molecule has 0 bridgehead atoms. The van der Waals surface area contributed by atoms with Crippen molar-refractivity contribution in [3.05, 3.63) is 88.5 Å². The van der Waals surface area contributed by atoms with Crippen LogP contribution >= 0.6 is 0 Å². The summed E-state index contributed by atoms with van der Waals surface area (Å²) >= 11 is 0. The molecule has 8 rings (SSSR count). The summed E-state index contributed by atoms with van der Waals surface area (Å²) in [5.41, 5.74) is 8.25. The topological polar surface area (TPSA) is 96.4 Å². The molecule has 1 aliphatic carbocycles. The lowest BCUT2D eigenvalue weighted by atomic mass is 9.63. The maximum atomic E-state index is 13.1. The van der Waals surface area contributed by atoms with E-state index in [2.05, 4.69) is 70.3 Å². The van der Waals surface area contributed by atoms with Crippen molar-refractivity contribution in [3.63, 3.8) is 0 Å². The average molecular weight is 676 g/mol. The van der Waals surface area contributed by atoms with Crippen LogP contribution in [0.5, 0.6) is 5.75 Å². The molecule has 3 fully saturated rings. The molecule has 2 N–H and O–H groups in total. The largest absolute Gasteiger partial charge is 0.508 e. The molecule has 9 heteroatoms. The summed E-state index contributed by atoms with van der Waals surface area (Å²) in [6, 6.07) is 20.7. The van der Waals surface area contributed by atoms with Gasteiger partial charge in [0.05, 0.1) is 0 Å². The summed E-state index contributed by atoms with van der Waals surface area (Å²) in [4.78, 5) is 46.4. The highest BCUT2D eigenvalue weighted by atomic mass is 16.3. The molecule has 3 saturated heterocycles. The number of imide groups is 1. The Morgan fingerprint density at radius 1 is 0.780 bits per heavy atom. The molecular weight excluding hydrogens is 626 g/mol. The monoisotopic (exact) mass is 675 g/mol. The first kappa shape index (κ1) is 32.8. The van der Waals surface area contributed by atoms with E-state index in [1.54, 1.807) is 4.90 Å². The van der Waals surface area contributed by atoms with Crippen LogP contribution in [-0.4, -0.2) is 84.5 Å². The fraction of sp³-hybridized carbons (Fsp3) is 0.488. The standard InChI is InChI=1S/C41H49N5O4/c1-41(2)16-13-29-24-33(47)8-10-34(29)38(41)28-3-5-31(6-4-28)44-17-14-27(15-18-44)25-43-19-21-45(22-20-43)32-7-9-35-30(23-32)26-46(40(35)50)36-11-12-37(48)42-39(36)49/h3-10,23-24,27,36,38,47H,11-22,25-26H2,1-2H3,(H,42,48,49)/t36?,38-/m0/s1. The van der Waals surface area contributed by atoms with Gasteiger partial charge < -0.3 is 19.8 Å². The first-order valence-electron chi connectivity index (χ1n) is 18.5. The second-order valence-corrected chi connectivity index (χ2v) is 15.9. The minimum Gasteiger partial charge on any atom is -0.508 e. The number of amides is 3. The number of anilines is 2. The van der Waals surface area contributed by atoms with E-state index in [4.69, 9.17) is 0 Å². The fourth-order valence-electron chi connectivity index (χ4n) is 9.31. The van der Waals surface area contributed by atoms with Gasteiger partial charge in [-0.25, -0.2) is 0 Å². The predicted molar refractivity (Wildman–Crippen MR) is 195 cm³/mol. The van der Waals surface area contributed by atoms with Gasteiger partial charge in [-0.1, -0.05) is 32.0 Å². The van der Waals surface area contributed by atoms with Crippen molar-refractivity contribution in [1.29, 1.82) is 0 Å². The van der Waals surface area contributed by atoms with Crippen LogP contribution in [0.3, 0.4) is 0 Å². The molecule has 0 aromatic heterocycles. The lowest BCUT2D eigenvalue weighted by Crippen LogP contribution is -2.52. The first-order valence-corrected chi connectivity index (χ1v) is 18.5. The molecule has 3 aromatic rings. The van der Waals surface area contributed by atoms with Crippen molar-refractivity contribution in [3.8, 4) is 5.75 Å². The van der Waals surface area contributed by atoms with Crippen LogP contribution in [0.25, 0.3) is 0 Å². The number of nitrogens with one attached hydrogen (secondary N) is 1. The zero-order valence-electron chi connectivity index (χ0n) is 29.4. The van der Waals surface area contributed by atoms with E-state index in [-0.39, 0.29) is 29.6 Å². The van der Waals surface area contributed by atoms with E-state index in [1.165, 1.54) is 35.2 Å². The molecule has 2 atom stereocenters. The number of fused-ring (bicyclic) bond motifs is 2. The van der Waals surface area contributed by atoms with E-state index in [1.807, 2.05) is 24.3 Å². The molecular formula is C41H49N5O4. The van der Waals surface area contributed by atoms with Crippen molar-refractivity contribution in [2.75, 3.05) is 55.6 Å². The highest BCUT2D eigenvalue weighted by molar-refractivity contribution is 6.05. The molecule has 0 spiro atoms. The molecule has 0 saturated carbocycles. The van der Waals surface area contributed by atoms with E-state index in [0.29, 0.717) is 36.1 Å². The zero-order chi connectivity index (χ0) is 34.6. The van der Waals surface area contributed by atoms with Gasteiger partial charge in [-0.05, 0) is 108 Å². The number of aryl methyl sites for hydroxylation is 1. The molecule has 50 heavy (non-hydrogen) atoms. The fourth-order valence-corrected chi connectivity index (χ4v) is 9.31. The molecule has 1 unspecified atom stereocenters. The summed E-state index contributed by atoms with van der Waals surface area (Å²) in [5, 5.41) is 12.5. The first-order chi connectivity index (χ1) is 24.1. The van der Waals surface area contributed by atoms with Crippen LogP contribution in [0.2, 0.25) is 0 Å². The Balaban J connectivity index is 0.823. The Bertz CT molecular complexity index is 1790. The molecule has 5 aliphatic rings. The third-order valence-corrected chi connectivity index (χ3v) is 12.2. The van der Waals surface area contributed by atoms with Crippen LogP contribution in [0.4, 0.5) is 11.4 Å². The number of carbonyl (C=O) groups excluding carboxylic acids is 3. The number of phenolic OH excluding ortho intramolecular Hbond substituents is 1. The number of rotatable bonds is 6. The number of aromatic hydroxyl groups is 1. The Kier molecular flexibility index (Phi) is 8.58.